The van der Waals surface area contributed by atoms with Crippen LogP contribution in [0.15, 0.2) is 114 Å². The number of hydrogen-bond acceptors (Lipinski definition) is 6. The molecule has 2 heterocycles. The number of amides is 3. The van der Waals surface area contributed by atoms with E-state index in [1.165, 1.54) is 0 Å². The second kappa shape index (κ2) is 14.1. The Morgan fingerprint density at radius 1 is 0.979 bits per heavy atom. The van der Waals surface area contributed by atoms with E-state index in [1.807, 2.05) is 84.9 Å². The lowest BCUT2D eigenvalue weighted by Gasteiger charge is -2.30. The molecule has 4 aromatic carbocycles. The number of rotatable bonds is 11. The highest BCUT2D eigenvalue weighted by molar-refractivity contribution is 9.10. The molecule has 0 fully saturated rings. The van der Waals surface area contributed by atoms with Crippen molar-refractivity contribution in [2.45, 2.75) is 32.0 Å². The molecule has 0 saturated heterocycles. The average molecular weight is 711 g/mol. The molecule has 2 aliphatic heterocycles. The number of aliphatic hydroxyl groups is 2. The maximum absolute atomic E-state index is 14.2. The highest BCUT2D eigenvalue weighted by Gasteiger charge is 2.52. The van der Waals surface area contributed by atoms with Gasteiger partial charge in [-0.05, 0) is 53.6 Å². The summed E-state index contributed by atoms with van der Waals surface area (Å²) in [7, 11) is 0. The maximum atomic E-state index is 14.2. The van der Waals surface area contributed by atoms with Crippen molar-refractivity contribution in [3.05, 3.63) is 130 Å². The van der Waals surface area contributed by atoms with Gasteiger partial charge in [0, 0.05) is 41.2 Å². The van der Waals surface area contributed by atoms with Gasteiger partial charge < -0.3 is 24.7 Å². The molecule has 9 nitrogen and oxygen atoms in total. The third-order valence-electron chi connectivity index (χ3n) is 8.76. The maximum Gasteiger partial charge on any atom is 0.269 e. The topological polar surface area (TPSA) is 111 Å². The zero-order chi connectivity index (χ0) is 33.8. The quantitative estimate of drug-likeness (QED) is 0.189. The van der Waals surface area contributed by atoms with Crippen LogP contribution in [0.1, 0.15) is 30.0 Å². The summed E-state index contributed by atoms with van der Waals surface area (Å²) in [6.07, 6.45) is 3.42. The van der Waals surface area contributed by atoms with Gasteiger partial charge in [-0.3, -0.25) is 19.3 Å². The molecule has 0 aromatic heterocycles. The van der Waals surface area contributed by atoms with E-state index in [0.29, 0.717) is 39.4 Å². The molecule has 246 valence electrons. The number of para-hydroxylation sites is 2. The van der Waals surface area contributed by atoms with Gasteiger partial charge in [-0.25, -0.2) is 0 Å². The molecule has 48 heavy (non-hydrogen) atoms. The second-order valence-electron chi connectivity index (χ2n) is 11.9. The van der Waals surface area contributed by atoms with Gasteiger partial charge in [-0.1, -0.05) is 89.6 Å². The first-order valence-electron chi connectivity index (χ1n) is 15.8. The first-order chi connectivity index (χ1) is 23.2. The Labute approximate surface area is 287 Å². The number of carbonyl (C=O) groups is 3. The Balaban J connectivity index is 1.22. The fraction of sp³-hybridized carbons (Fsp3) is 0.237. The highest BCUT2D eigenvalue weighted by Crippen LogP contribution is 2.47. The van der Waals surface area contributed by atoms with Crippen LogP contribution in [0.25, 0.3) is 0 Å². The number of benzene rings is 4. The lowest BCUT2D eigenvalue weighted by Crippen LogP contribution is -2.44. The Hall–Kier alpha value is -4.77. The molecule has 3 amide bonds. The van der Waals surface area contributed by atoms with Gasteiger partial charge >= 0.3 is 0 Å². The van der Waals surface area contributed by atoms with E-state index in [1.54, 1.807) is 45.9 Å². The van der Waals surface area contributed by atoms with Gasteiger partial charge in [-0.2, -0.15) is 0 Å². The van der Waals surface area contributed by atoms with E-state index in [-0.39, 0.29) is 44.5 Å². The molecule has 0 radical (unpaired) electrons. The van der Waals surface area contributed by atoms with Crippen molar-refractivity contribution in [3.63, 3.8) is 0 Å². The SMILES string of the molecule is C[C@@H](/C=C/CC(=O)N(CCO)Cc1ccccc1)[C@]1(O)C(=O)N(Cc2cccc(N3C(=O)COc4ccccc43)c2)c2ccc(Br)cc21. The van der Waals surface area contributed by atoms with Crippen molar-refractivity contribution in [2.24, 2.45) is 5.92 Å². The van der Waals surface area contributed by atoms with Crippen molar-refractivity contribution in [1.29, 1.82) is 0 Å². The minimum Gasteiger partial charge on any atom is -0.482 e. The third kappa shape index (κ3) is 6.51. The predicted octanol–water partition coefficient (Wildman–Crippen LogP) is 5.84. The minimum absolute atomic E-state index is 0.0483. The van der Waals surface area contributed by atoms with Crippen LogP contribution < -0.4 is 14.5 Å². The fourth-order valence-corrected chi connectivity index (χ4v) is 6.66. The molecule has 2 N–H and O–H groups in total. The summed E-state index contributed by atoms with van der Waals surface area (Å²) in [6, 6.07) is 29.7. The Morgan fingerprint density at radius 3 is 2.52 bits per heavy atom. The van der Waals surface area contributed by atoms with Gasteiger partial charge in [0.2, 0.25) is 5.91 Å². The zero-order valence-electron chi connectivity index (χ0n) is 26.5. The molecule has 0 spiro atoms. The average Bonchev–Trinajstić information content (AvgIpc) is 3.30. The van der Waals surface area contributed by atoms with Gasteiger partial charge in [0.05, 0.1) is 24.5 Å². The summed E-state index contributed by atoms with van der Waals surface area (Å²) in [6.45, 7) is 2.25. The molecule has 0 unspecified atom stereocenters. The van der Waals surface area contributed by atoms with E-state index in [9.17, 15) is 24.6 Å². The number of fused-ring (bicyclic) bond motifs is 2. The summed E-state index contributed by atoms with van der Waals surface area (Å²) < 4.78 is 6.32. The third-order valence-corrected chi connectivity index (χ3v) is 9.26. The second-order valence-corrected chi connectivity index (χ2v) is 12.8. The summed E-state index contributed by atoms with van der Waals surface area (Å²) in [5.41, 5.74) is 2.18. The number of nitrogens with zero attached hydrogens (tertiary/aromatic N) is 3. The van der Waals surface area contributed by atoms with E-state index >= 15 is 0 Å². The summed E-state index contributed by atoms with van der Waals surface area (Å²) in [5, 5.41) is 21.7. The van der Waals surface area contributed by atoms with Gasteiger partial charge in [0.1, 0.15) is 5.75 Å². The first kappa shape index (κ1) is 33.1. The normalized spacial score (nSPS) is 17.7. The molecule has 10 heteroatoms. The van der Waals surface area contributed by atoms with Crippen molar-refractivity contribution >= 4 is 50.7 Å². The van der Waals surface area contributed by atoms with Crippen LogP contribution in [-0.2, 0) is 33.1 Å². The summed E-state index contributed by atoms with van der Waals surface area (Å²) >= 11 is 3.50. The number of hydrogen-bond donors (Lipinski definition) is 2. The zero-order valence-corrected chi connectivity index (χ0v) is 28.0. The van der Waals surface area contributed by atoms with E-state index in [4.69, 9.17) is 4.74 Å². The van der Waals surface area contributed by atoms with Crippen LogP contribution >= 0.6 is 15.9 Å². The van der Waals surface area contributed by atoms with E-state index in [0.717, 1.165) is 11.1 Å². The van der Waals surface area contributed by atoms with Crippen LogP contribution in [0.4, 0.5) is 17.1 Å². The van der Waals surface area contributed by atoms with E-state index < -0.39 is 17.4 Å². The van der Waals surface area contributed by atoms with Crippen LogP contribution in [0.3, 0.4) is 0 Å². The van der Waals surface area contributed by atoms with E-state index in [2.05, 4.69) is 15.9 Å². The molecule has 6 rings (SSSR count). The lowest BCUT2D eigenvalue weighted by atomic mass is 9.83. The molecule has 0 bridgehead atoms. The van der Waals surface area contributed by atoms with Crippen molar-refractivity contribution in [3.8, 4) is 5.75 Å². The van der Waals surface area contributed by atoms with Crippen LogP contribution in [-0.4, -0.2) is 52.6 Å². The fourth-order valence-electron chi connectivity index (χ4n) is 6.30. The minimum atomic E-state index is -1.88. The molecular weight excluding hydrogens is 674 g/mol. The highest BCUT2D eigenvalue weighted by atomic mass is 79.9. The summed E-state index contributed by atoms with van der Waals surface area (Å²) in [4.78, 5) is 45.0. The Kier molecular flexibility index (Phi) is 9.77. The van der Waals surface area contributed by atoms with Crippen molar-refractivity contribution < 1.29 is 29.3 Å². The van der Waals surface area contributed by atoms with Gasteiger partial charge in [0.25, 0.3) is 11.8 Å². The number of anilines is 3. The largest absolute Gasteiger partial charge is 0.482 e. The number of aliphatic hydroxyl groups excluding tert-OH is 1. The number of carbonyl (C=O) groups excluding carboxylic acids is 3. The van der Waals surface area contributed by atoms with Crippen LogP contribution in [0, 0.1) is 5.92 Å². The Morgan fingerprint density at radius 2 is 1.73 bits per heavy atom. The molecular formula is C38H36BrN3O6. The molecule has 0 aliphatic carbocycles. The molecule has 2 aliphatic rings. The molecule has 0 saturated carbocycles. The molecule has 4 aromatic rings. The number of ether oxygens (including phenoxy) is 1. The Bertz CT molecular complexity index is 1860. The smallest absolute Gasteiger partial charge is 0.269 e. The number of halogens is 1. The van der Waals surface area contributed by atoms with Gasteiger partial charge in [-0.15, -0.1) is 0 Å². The first-order valence-corrected chi connectivity index (χ1v) is 16.6. The van der Waals surface area contributed by atoms with Crippen molar-refractivity contribution in [1.82, 2.24) is 4.90 Å². The van der Waals surface area contributed by atoms with Crippen molar-refractivity contribution in [2.75, 3.05) is 29.6 Å². The predicted molar refractivity (Wildman–Crippen MR) is 187 cm³/mol. The standard InChI is InChI=1S/C38H36BrN3O6/c1-26(9-7-16-35(44)40(19-20-43)23-27-10-3-2-4-11-27)38(47)31-22-29(39)17-18-32(31)41(37(38)46)24-28-12-8-13-30(21-28)42-33-14-5-6-15-34(33)48-25-36(42)45/h2-15,17-18,21-22,26,43,47H,16,19-20,23-25H2,1H3/b9-7+/t26-,38+/m0/s1. The molecule has 2 atom stereocenters. The van der Waals surface area contributed by atoms with Gasteiger partial charge in [0.15, 0.2) is 12.2 Å². The van der Waals surface area contributed by atoms with Crippen LogP contribution in [0.5, 0.6) is 5.75 Å². The monoisotopic (exact) mass is 709 g/mol. The lowest BCUT2D eigenvalue weighted by molar-refractivity contribution is -0.139. The van der Waals surface area contributed by atoms with Crippen LogP contribution in [0.2, 0.25) is 0 Å². The summed E-state index contributed by atoms with van der Waals surface area (Å²) in [5.74, 6) is -0.922.